The van der Waals surface area contributed by atoms with Gasteiger partial charge in [0, 0.05) is 13.1 Å². The van der Waals surface area contributed by atoms with Gasteiger partial charge in [0.1, 0.15) is 0 Å². The van der Waals surface area contributed by atoms with Crippen LogP contribution in [0.25, 0.3) is 0 Å². The van der Waals surface area contributed by atoms with Crippen molar-refractivity contribution in [2.24, 2.45) is 0 Å². The van der Waals surface area contributed by atoms with Crippen LogP contribution in [0.1, 0.15) is 50.7 Å². The molecule has 1 aromatic carbocycles. The Labute approximate surface area is 144 Å². The zero-order valence-electron chi connectivity index (χ0n) is 13.5. The Morgan fingerprint density at radius 3 is 2.32 bits per heavy atom. The van der Waals surface area contributed by atoms with Gasteiger partial charge in [0.15, 0.2) is 5.76 Å². The molecular weight excluding hydrogens is 324 g/mol. The first-order valence-corrected chi connectivity index (χ1v) is 8.09. The minimum atomic E-state index is -1.25. The second kappa shape index (κ2) is 7.21. The minimum Gasteiger partial charge on any atom is -0.475 e. The molecule has 1 fully saturated rings. The lowest BCUT2D eigenvalue weighted by atomic mass is 10.1. The summed E-state index contributed by atoms with van der Waals surface area (Å²) >= 11 is 0. The number of benzene rings is 1. The van der Waals surface area contributed by atoms with E-state index in [0.717, 1.165) is 19.3 Å². The zero-order chi connectivity index (χ0) is 17.8. The number of piperidine rings is 1. The van der Waals surface area contributed by atoms with E-state index >= 15 is 0 Å². The number of likely N-dealkylation sites (tertiary alicyclic amines) is 1. The summed E-state index contributed by atoms with van der Waals surface area (Å²) in [6.07, 6.45) is 3.07. The fourth-order valence-electron chi connectivity index (χ4n) is 2.80. The third-order valence-electron chi connectivity index (χ3n) is 4.09. The normalized spacial score (nSPS) is 14.2. The summed E-state index contributed by atoms with van der Waals surface area (Å²) in [5, 5.41) is 11.5. The van der Waals surface area contributed by atoms with Gasteiger partial charge in [-0.25, -0.2) is 4.79 Å². The molecule has 2 amide bonds. The number of anilines is 1. The van der Waals surface area contributed by atoms with Crippen LogP contribution in [-0.4, -0.2) is 40.9 Å². The third kappa shape index (κ3) is 3.71. The van der Waals surface area contributed by atoms with Crippen molar-refractivity contribution in [3.8, 4) is 0 Å². The topological polar surface area (TPSA) is 99.8 Å². The number of hydrogen-bond donors (Lipinski definition) is 2. The van der Waals surface area contributed by atoms with Crippen molar-refractivity contribution in [3.05, 3.63) is 53.5 Å². The van der Waals surface area contributed by atoms with E-state index in [-0.39, 0.29) is 17.4 Å². The van der Waals surface area contributed by atoms with Crippen molar-refractivity contribution in [1.29, 1.82) is 0 Å². The smallest absolute Gasteiger partial charge is 0.371 e. The summed E-state index contributed by atoms with van der Waals surface area (Å²) in [5.74, 6) is -2.42. The molecule has 130 valence electrons. The number of rotatable bonds is 4. The highest BCUT2D eigenvalue weighted by atomic mass is 16.4. The molecule has 2 heterocycles. The fraction of sp³-hybridized carbons (Fsp3) is 0.278. The van der Waals surface area contributed by atoms with Crippen molar-refractivity contribution < 1.29 is 23.9 Å². The lowest BCUT2D eigenvalue weighted by Gasteiger charge is -2.27. The van der Waals surface area contributed by atoms with E-state index in [9.17, 15) is 14.4 Å². The van der Waals surface area contributed by atoms with Gasteiger partial charge in [0.25, 0.3) is 11.8 Å². The van der Waals surface area contributed by atoms with Crippen LogP contribution in [0.4, 0.5) is 5.69 Å². The second-order valence-electron chi connectivity index (χ2n) is 5.82. The van der Waals surface area contributed by atoms with Gasteiger partial charge in [-0.15, -0.1) is 0 Å². The Kier molecular flexibility index (Phi) is 4.83. The van der Waals surface area contributed by atoms with Crippen molar-refractivity contribution >= 4 is 23.5 Å². The maximum absolute atomic E-state index is 12.7. The van der Waals surface area contributed by atoms with E-state index in [1.54, 1.807) is 29.2 Å². The second-order valence-corrected chi connectivity index (χ2v) is 5.82. The lowest BCUT2D eigenvalue weighted by Crippen LogP contribution is -2.36. The highest BCUT2D eigenvalue weighted by Crippen LogP contribution is 2.21. The summed E-state index contributed by atoms with van der Waals surface area (Å²) in [5.41, 5.74) is 0.777. The number of carboxylic acids is 1. The maximum Gasteiger partial charge on any atom is 0.371 e. The Hall–Kier alpha value is -3.09. The Bertz CT molecular complexity index is 805. The number of carbonyl (C=O) groups is 3. The number of nitrogens with one attached hydrogen (secondary N) is 1. The highest BCUT2D eigenvalue weighted by Gasteiger charge is 2.22. The molecule has 7 heteroatoms. The first kappa shape index (κ1) is 16.8. The van der Waals surface area contributed by atoms with E-state index < -0.39 is 11.9 Å². The monoisotopic (exact) mass is 342 g/mol. The van der Waals surface area contributed by atoms with Crippen molar-refractivity contribution in [1.82, 2.24) is 4.90 Å². The minimum absolute atomic E-state index is 0.124. The first-order chi connectivity index (χ1) is 12.1. The molecule has 0 saturated carbocycles. The summed E-state index contributed by atoms with van der Waals surface area (Å²) < 4.78 is 4.99. The van der Waals surface area contributed by atoms with Crippen LogP contribution < -0.4 is 5.32 Å². The predicted octanol–water partition coefficient (Wildman–Crippen LogP) is 2.86. The molecule has 1 aliphatic rings. The number of para-hydroxylation sites is 1. The highest BCUT2D eigenvalue weighted by molar-refractivity contribution is 6.08. The molecule has 0 spiro atoms. The molecule has 0 radical (unpaired) electrons. The van der Waals surface area contributed by atoms with Gasteiger partial charge >= 0.3 is 5.97 Å². The van der Waals surface area contributed by atoms with Gasteiger partial charge in [-0.3, -0.25) is 9.59 Å². The number of carboxylic acid groups (broad SMARTS) is 1. The SMILES string of the molecule is O=C(O)c1ccc(C(=O)Nc2ccccc2C(=O)N2CCCCC2)o1. The Morgan fingerprint density at radius 1 is 0.960 bits per heavy atom. The molecule has 1 aliphatic heterocycles. The van der Waals surface area contributed by atoms with Crippen LogP contribution in [0.15, 0.2) is 40.8 Å². The van der Waals surface area contributed by atoms with E-state index in [1.807, 2.05) is 0 Å². The lowest BCUT2D eigenvalue weighted by molar-refractivity contribution is 0.0659. The van der Waals surface area contributed by atoms with Crippen LogP contribution in [0.5, 0.6) is 0 Å². The number of nitrogens with zero attached hydrogens (tertiary/aromatic N) is 1. The molecule has 0 bridgehead atoms. The van der Waals surface area contributed by atoms with E-state index in [1.165, 1.54) is 12.1 Å². The van der Waals surface area contributed by atoms with Crippen molar-refractivity contribution in [2.45, 2.75) is 19.3 Å². The quantitative estimate of drug-likeness (QED) is 0.890. The third-order valence-corrected chi connectivity index (χ3v) is 4.09. The Morgan fingerprint density at radius 2 is 1.64 bits per heavy atom. The largest absolute Gasteiger partial charge is 0.475 e. The maximum atomic E-state index is 12.7. The number of aromatic carboxylic acids is 1. The van der Waals surface area contributed by atoms with Crippen LogP contribution in [0.3, 0.4) is 0 Å². The summed E-state index contributed by atoms with van der Waals surface area (Å²) in [7, 11) is 0. The molecule has 7 nitrogen and oxygen atoms in total. The van der Waals surface area contributed by atoms with Gasteiger partial charge in [-0.1, -0.05) is 12.1 Å². The number of amides is 2. The zero-order valence-corrected chi connectivity index (χ0v) is 13.5. The van der Waals surface area contributed by atoms with Crippen LogP contribution in [-0.2, 0) is 0 Å². The standard InChI is InChI=1S/C18H18N2O5/c21-16(14-8-9-15(25-14)18(23)24)19-13-7-3-2-6-12(13)17(22)20-10-4-1-5-11-20/h2-3,6-9H,1,4-5,10-11H2,(H,19,21)(H,23,24). The molecule has 0 aliphatic carbocycles. The number of furan rings is 1. The predicted molar refractivity (Wildman–Crippen MR) is 89.8 cm³/mol. The molecule has 1 aromatic heterocycles. The summed E-state index contributed by atoms with van der Waals surface area (Å²) in [4.78, 5) is 37.6. The number of hydrogen-bond acceptors (Lipinski definition) is 4. The molecule has 3 rings (SSSR count). The average molecular weight is 342 g/mol. The van der Waals surface area contributed by atoms with Crippen molar-refractivity contribution in [2.75, 3.05) is 18.4 Å². The molecule has 2 aromatic rings. The van der Waals surface area contributed by atoms with Crippen molar-refractivity contribution in [3.63, 3.8) is 0 Å². The van der Waals surface area contributed by atoms with Gasteiger partial charge in [0.2, 0.25) is 5.76 Å². The molecule has 0 atom stereocenters. The van der Waals surface area contributed by atoms with E-state index in [2.05, 4.69) is 5.32 Å². The average Bonchev–Trinajstić information content (AvgIpc) is 3.13. The van der Waals surface area contributed by atoms with Gasteiger partial charge in [0.05, 0.1) is 11.3 Å². The van der Waals surface area contributed by atoms with E-state index in [4.69, 9.17) is 9.52 Å². The van der Waals surface area contributed by atoms with Gasteiger partial charge in [-0.2, -0.15) is 0 Å². The summed E-state index contributed by atoms with van der Waals surface area (Å²) in [6, 6.07) is 9.25. The molecule has 0 unspecified atom stereocenters. The van der Waals surface area contributed by atoms with Crippen LogP contribution in [0.2, 0.25) is 0 Å². The van der Waals surface area contributed by atoms with Crippen LogP contribution >= 0.6 is 0 Å². The molecule has 1 saturated heterocycles. The summed E-state index contributed by atoms with van der Waals surface area (Å²) in [6.45, 7) is 1.42. The first-order valence-electron chi connectivity index (χ1n) is 8.09. The molecule has 25 heavy (non-hydrogen) atoms. The Balaban J connectivity index is 1.79. The number of carbonyl (C=O) groups excluding carboxylic acids is 2. The fourth-order valence-corrected chi connectivity index (χ4v) is 2.80. The van der Waals surface area contributed by atoms with Crippen LogP contribution in [0, 0.1) is 0 Å². The molecular formula is C18H18N2O5. The molecule has 2 N–H and O–H groups in total. The van der Waals surface area contributed by atoms with Gasteiger partial charge < -0.3 is 19.7 Å². The van der Waals surface area contributed by atoms with E-state index in [0.29, 0.717) is 24.3 Å². The van der Waals surface area contributed by atoms with Gasteiger partial charge in [-0.05, 0) is 43.5 Å².